The summed E-state index contributed by atoms with van der Waals surface area (Å²) in [6, 6.07) is 6.76. The molecule has 2 heterocycles. The molecule has 30 heavy (non-hydrogen) atoms. The normalized spacial score (nSPS) is 20.1. The van der Waals surface area contributed by atoms with E-state index < -0.39 is 0 Å². The Hall–Kier alpha value is -2.39. The van der Waals surface area contributed by atoms with E-state index in [2.05, 4.69) is 15.2 Å². The van der Waals surface area contributed by atoms with Gasteiger partial charge in [0.25, 0.3) is 0 Å². The van der Waals surface area contributed by atoms with Crippen molar-refractivity contribution in [2.45, 2.75) is 31.8 Å². The fraction of sp³-hybridized carbons (Fsp3) is 0.619. The quantitative estimate of drug-likeness (QED) is 0.537. The molecule has 1 aromatic rings. The van der Waals surface area contributed by atoms with Crippen LogP contribution in [0.25, 0.3) is 0 Å². The van der Waals surface area contributed by atoms with Crippen LogP contribution >= 0.6 is 0 Å². The number of likely N-dealkylation sites (tertiary alicyclic amines) is 1. The molecule has 0 spiro atoms. The molecular weight excluding hydrogens is 389 g/mol. The van der Waals surface area contributed by atoms with E-state index in [0.717, 1.165) is 31.5 Å². The van der Waals surface area contributed by atoms with Crippen molar-refractivity contribution in [3.05, 3.63) is 35.6 Å². The molecule has 3 rings (SSSR count). The van der Waals surface area contributed by atoms with Gasteiger partial charge in [0, 0.05) is 32.2 Å². The molecule has 1 atom stereocenters. The van der Waals surface area contributed by atoms with Crippen LogP contribution in [0.3, 0.4) is 0 Å². The Labute approximate surface area is 177 Å². The van der Waals surface area contributed by atoms with E-state index >= 15 is 0 Å². The van der Waals surface area contributed by atoms with Gasteiger partial charge in [0.15, 0.2) is 5.96 Å². The molecule has 1 unspecified atom stereocenters. The van der Waals surface area contributed by atoms with Crippen LogP contribution in [-0.2, 0) is 9.47 Å². The SMILES string of the molecule is CCOC(=O)N1CCC(NC(N)=NCC(c2cccc(F)c2)N2CCOCC2)CC1. The maximum absolute atomic E-state index is 13.8. The van der Waals surface area contributed by atoms with Crippen LogP contribution in [0.4, 0.5) is 9.18 Å². The number of ether oxygens (including phenoxy) is 2. The number of nitrogens with two attached hydrogens (primary N) is 1. The number of nitrogens with zero attached hydrogens (tertiary/aromatic N) is 3. The van der Waals surface area contributed by atoms with Crippen molar-refractivity contribution in [2.75, 3.05) is 52.5 Å². The highest BCUT2D eigenvalue weighted by atomic mass is 19.1. The highest BCUT2D eigenvalue weighted by Crippen LogP contribution is 2.23. The van der Waals surface area contributed by atoms with Gasteiger partial charge < -0.3 is 25.4 Å². The van der Waals surface area contributed by atoms with Crippen LogP contribution in [-0.4, -0.2) is 80.4 Å². The molecule has 2 fully saturated rings. The number of piperidine rings is 1. The minimum atomic E-state index is -0.263. The number of amides is 1. The number of nitrogens with one attached hydrogen (secondary N) is 1. The number of halogens is 1. The van der Waals surface area contributed by atoms with E-state index in [1.165, 1.54) is 6.07 Å². The maximum Gasteiger partial charge on any atom is 0.409 e. The molecule has 9 heteroatoms. The second kappa shape index (κ2) is 11.1. The Bertz CT molecular complexity index is 718. The Morgan fingerprint density at radius 1 is 1.33 bits per heavy atom. The lowest BCUT2D eigenvalue weighted by Gasteiger charge is -2.34. The molecule has 0 radical (unpaired) electrons. The minimum absolute atomic E-state index is 0.0596. The molecule has 3 N–H and O–H groups in total. The average molecular weight is 422 g/mol. The highest BCUT2D eigenvalue weighted by molar-refractivity contribution is 5.78. The maximum atomic E-state index is 13.8. The summed E-state index contributed by atoms with van der Waals surface area (Å²) in [5.74, 6) is 0.119. The van der Waals surface area contributed by atoms with E-state index in [1.54, 1.807) is 24.0 Å². The molecule has 1 amide bonds. The third-order valence-electron chi connectivity index (χ3n) is 5.53. The molecule has 0 saturated carbocycles. The van der Waals surface area contributed by atoms with Crippen LogP contribution in [0.2, 0.25) is 0 Å². The van der Waals surface area contributed by atoms with Gasteiger partial charge in [-0.2, -0.15) is 0 Å². The third-order valence-corrected chi connectivity index (χ3v) is 5.53. The number of benzene rings is 1. The molecule has 2 aliphatic heterocycles. The summed E-state index contributed by atoms with van der Waals surface area (Å²) in [5, 5.41) is 3.26. The van der Waals surface area contributed by atoms with Gasteiger partial charge in [0.1, 0.15) is 5.82 Å². The predicted molar refractivity (Wildman–Crippen MR) is 113 cm³/mol. The number of aliphatic imine (C=N–C) groups is 1. The molecule has 1 aromatic carbocycles. The summed E-state index contributed by atoms with van der Waals surface area (Å²) in [5.41, 5.74) is 7.03. The third kappa shape index (κ3) is 6.30. The topological polar surface area (TPSA) is 92.4 Å². The van der Waals surface area contributed by atoms with Crippen LogP contribution in [0.5, 0.6) is 0 Å². The smallest absolute Gasteiger partial charge is 0.409 e. The van der Waals surface area contributed by atoms with E-state index in [4.69, 9.17) is 15.2 Å². The summed E-state index contributed by atoms with van der Waals surface area (Å²) in [6.07, 6.45) is 1.30. The van der Waals surface area contributed by atoms with Crippen LogP contribution < -0.4 is 11.1 Å². The van der Waals surface area contributed by atoms with Gasteiger partial charge in [-0.1, -0.05) is 12.1 Å². The van der Waals surface area contributed by atoms with Gasteiger partial charge in [0.05, 0.1) is 32.4 Å². The van der Waals surface area contributed by atoms with Crippen molar-refractivity contribution in [1.82, 2.24) is 15.1 Å². The van der Waals surface area contributed by atoms with Gasteiger partial charge in [-0.15, -0.1) is 0 Å². The molecule has 8 nitrogen and oxygen atoms in total. The minimum Gasteiger partial charge on any atom is -0.450 e. The van der Waals surface area contributed by atoms with Crippen LogP contribution in [0.1, 0.15) is 31.4 Å². The first-order chi connectivity index (χ1) is 14.6. The first-order valence-electron chi connectivity index (χ1n) is 10.6. The van der Waals surface area contributed by atoms with Crippen molar-refractivity contribution in [3.63, 3.8) is 0 Å². The number of morpholine rings is 1. The lowest BCUT2D eigenvalue weighted by Crippen LogP contribution is -2.48. The summed E-state index contributed by atoms with van der Waals surface area (Å²) in [6.45, 7) is 6.73. The number of carbonyl (C=O) groups is 1. The van der Waals surface area contributed by atoms with Crippen LogP contribution in [0, 0.1) is 5.82 Å². The van der Waals surface area contributed by atoms with Gasteiger partial charge in [-0.3, -0.25) is 9.89 Å². The number of hydrogen-bond donors (Lipinski definition) is 2. The lowest BCUT2D eigenvalue weighted by atomic mass is 10.0. The van der Waals surface area contributed by atoms with E-state index in [1.807, 2.05) is 6.07 Å². The Morgan fingerprint density at radius 3 is 2.73 bits per heavy atom. The van der Waals surface area contributed by atoms with Crippen molar-refractivity contribution < 1.29 is 18.7 Å². The zero-order valence-electron chi connectivity index (χ0n) is 17.6. The molecule has 166 valence electrons. The van der Waals surface area contributed by atoms with Gasteiger partial charge in [-0.25, -0.2) is 9.18 Å². The highest BCUT2D eigenvalue weighted by Gasteiger charge is 2.25. The lowest BCUT2D eigenvalue weighted by molar-refractivity contribution is 0.0179. The van der Waals surface area contributed by atoms with E-state index in [0.29, 0.717) is 45.4 Å². The second-order valence-electron chi connectivity index (χ2n) is 7.55. The van der Waals surface area contributed by atoms with Gasteiger partial charge in [-0.05, 0) is 37.5 Å². The molecular formula is C21H32FN5O3. The standard InChI is InChI=1S/C21H32FN5O3/c1-2-30-21(28)27-8-6-18(7-9-27)25-20(23)24-15-19(26-10-12-29-13-11-26)16-4-3-5-17(22)14-16/h3-5,14,18-19H,2,6-13,15H2,1H3,(H3,23,24,25). The first kappa shape index (κ1) is 22.3. The summed E-state index contributed by atoms with van der Waals surface area (Å²) in [7, 11) is 0. The summed E-state index contributed by atoms with van der Waals surface area (Å²) in [4.78, 5) is 20.3. The van der Waals surface area contributed by atoms with Crippen LogP contribution in [0.15, 0.2) is 29.3 Å². The zero-order chi connectivity index (χ0) is 21.3. The van der Waals surface area contributed by atoms with E-state index in [9.17, 15) is 9.18 Å². The molecule has 2 aliphatic rings. The predicted octanol–water partition coefficient (Wildman–Crippen LogP) is 1.72. The zero-order valence-corrected chi connectivity index (χ0v) is 17.6. The van der Waals surface area contributed by atoms with Crippen molar-refractivity contribution in [3.8, 4) is 0 Å². The Morgan fingerprint density at radius 2 is 2.07 bits per heavy atom. The first-order valence-corrected chi connectivity index (χ1v) is 10.6. The molecule has 0 bridgehead atoms. The molecule has 0 aromatic heterocycles. The number of carbonyl (C=O) groups excluding carboxylic acids is 1. The Kier molecular flexibility index (Phi) is 8.27. The fourth-order valence-corrected chi connectivity index (χ4v) is 3.90. The summed E-state index contributed by atoms with van der Waals surface area (Å²) >= 11 is 0. The van der Waals surface area contributed by atoms with Crippen molar-refractivity contribution >= 4 is 12.1 Å². The molecule has 0 aliphatic carbocycles. The number of guanidine groups is 1. The number of rotatable bonds is 6. The largest absolute Gasteiger partial charge is 0.450 e. The van der Waals surface area contributed by atoms with Gasteiger partial charge in [0.2, 0.25) is 0 Å². The monoisotopic (exact) mass is 421 g/mol. The fourth-order valence-electron chi connectivity index (χ4n) is 3.90. The average Bonchev–Trinajstić information content (AvgIpc) is 2.75. The molecule has 2 saturated heterocycles. The Balaban J connectivity index is 1.56. The van der Waals surface area contributed by atoms with E-state index in [-0.39, 0.29) is 24.0 Å². The van der Waals surface area contributed by atoms with Crippen molar-refractivity contribution in [2.24, 2.45) is 10.7 Å². The second-order valence-corrected chi connectivity index (χ2v) is 7.55. The summed E-state index contributed by atoms with van der Waals surface area (Å²) < 4.78 is 24.3. The van der Waals surface area contributed by atoms with Gasteiger partial charge >= 0.3 is 6.09 Å². The van der Waals surface area contributed by atoms with Crippen molar-refractivity contribution in [1.29, 1.82) is 0 Å². The number of hydrogen-bond acceptors (Lipinski definition) is 5.